The summed E-state index contributed by atoms with van der Waals surface area (Å²) in [4.78, 5) is 23.4. The van der Waals surface area contributed by atoms with Gasteiger partial charge in [0.05, 0.1) is 29.1 Å². The van der Waals surface area contributed by atoms with E-state index in [1.165, 1.54) is 0 Å². The zero-order valence-electron chi connectivity index (χ0n) is 23.1. The average molecular weight is 580 g/mol. The number of benzene rings is 3. The van der Waals surface area contributed by atoms with Gasteiger partial charge in [-0.25, -0.2) is 4.98 Å². The van der Waals surface area contributed by atoms with Gasteiger partial charge in [0.1, 0.15) is 11.2 Å². The van der Waals surface area contributed by atoms with Crippen LogP contribution in [0.5, 0.6) is 5.75 Å². The number of carbonyl (C=O) groups is 1. The van der Waals surface area contributed by atoms with Crippen molar-refractivity contribution >= 4 is 39.2 Å². The predicted molar refractivity (Wildman–Crippen MR) is 169 cm³/mol. The second-order valence-electron chi connectivity index (χ2n) is 10.2. The largest absolute Gasteiger partial charge is 0.494 e. The number of hydrogen-bond donors (Lipinski definition) is 1. The summed E-state index contributed by atoms with van der Waals surface area (Å²) in [5.74, 6) is 1.95. The number of amides is 1. The lowest BCUT2D eigenvalue weighted by atomic mass is 9.73. The lowest BCUT2D eigenvalue weighted by Crippen LogP contribution is -2.44. The van der Waals surface area contributed by atoms with E-state index in [1.807, 2.05) is 49.0 Å². The number of pyridine rings is 1. The standard InChI is InChI=1S/C34H33N3O2S2/c1-2-39-25-17-18-30-31(22-25)41-33(37-30)40-21-11-3-9-19-34(32(38)36-23-24-12-8-10-20-35-24)28-15-6-4-13-26(28)27-14-5-7-16-29(27)34/h4-8,10,12-18,20,22H,2-3,9,11,19,21,23H2,1H3,(H,36,38). The molecule has 2 heterocycles. The molecule has 2 aromatic heterocycles. The summed E-state index contributed by atoms with van der Waals surface area (Å²) in [5, 5.41) is 3.24. The van der Waals surface area contributed by atoms with Gasteiger partial charge >= 0.3 is 0 Å². The second kappa shape index (κ2) is 12.5. The summed E-state index contributed by atoms with van der Waals surface area (Å²) in [7, 11) is 0. The van der Waals surface area contributed by atoms with Gasteiger partial charge in [-0.3, -0.25) is 9.78 Å². The number of carbonyl (C=O) groups excluding carboxylic acids is 1. The van der Waals surface area contributed by atoms with Crippen molar-refractivity contribution in [1.29, 1.82) is 0 Å². The summed E-state index contributed by atoms with van der Waals surface area (Å²) in [5.41, 5.74) is 5.71. The van der Waals surface area contributed by atoms with Gasteiger partial charge in [0.2, 0.25) is 5.91 Å². The number of hydrogen-bond acceptors (Lipinski definition) is 6. The molecule has 5 aromatic rings. The highest BCUT2D eigenvalue weighted by atomic mass is 32.2. The molecule has 0 saturated carbocycles. The Morgan fingerprint density at radius 2 is 1.68 bits per heavy atom. The first-order chi connectivity index (χ1) is 20.2. The first kappa shape index (κ1) is 27.5. The molecule has 6 rings (SSSR count). The van der Waals surface area contributed by atoms with Crippen LogP contribution in [0.3, 0.4) is 0 Å². The predicted octanol–water partition coefficient (Wildman–Crippen LogP) is 8.03. The Labute approximate surface area is 249 Å². The summed E-state index contributed by atoms with van der Waals surface area (Å²) in [6, 6.07) is 28.7. The molecule has 0 radical (unpaired) electrons. The highest BCUT2D eigenvalue weighted by Crippen LogP contribution is 2.51. The number of nitrogens with one attached hydrogen (secondary N) is 1. The molecule has 1 amide bonds. The monoisotopic (exact) mass is 579 g/mol. The molecule has 1 N–H and O–H groups in total. The topological polar surface area (TPSA) is 64.1 Å². The van der Waals surface area contributed by atoms with Gasteiger partial charge in [0.15, 0.2) is 4.34 Å². The number of rotatable bonds is 12. The quantitative estimate of drug-likeness (QED) is 0.120. The summed E-state index contributed by atoms with van der Waals surface area (Å²) in [6.45, 7) is 3.08. The number of aromatic nitrogens is 2. The van der Waals surface area contributed by atoms with Gasteiger partial charge in [-0.15, -0.1) is 11.3 Å². The highest BCUT2D eigenvalue weighted by Gasteiger charge is 2.48. The van der Waals surface area contributed by atoms with Crippen LogP contribution in [0.25, 0.3) is 21.3 Å². The number of ether oxygens (including phenoxy) is 1. The molecule has 1 aliphatic carbocycles. The number of unbranched alkanes of at least 4 members (excludes halogenated alkanes) is 2. The van der Waals surface area contributed by atoms with Gasteiger partial charge in [-0.2, -0.15) is 0 Å². The third-order valence-corrected chi connectivity index (χ3v) is 9.93. The maximum absolute atomic E-state index is 14.2. The van der Waals surface area contributed by atoms with E-state index in [9.17, 15) is 4.79 Å². The summed E-state index contributed by atoms with van der Waals surface area (Å²) in [6.07, 6.45) is 5.60. The van der Waals surface area contributed by atoms with E-state index in [-0.39, 0.29) is 5.91 Å². The fraction of sp³-hybridized carbons (Fsp3) is 0.265. The number of fused-ring (bicyclic) bond motifs is 4. The van der Waals surface area contributed by atoms with Crippen LogP contribution in [0.15, 0.2) is 95.5 Å². The van der Waals surface area contributed by atoms with Crippen LogP contribution < -0.4 is 10.1 Å². The minimum absolute atomic E-state index is 0.0517. The Kier molecular flexibility index (Phi) is 8.35. The molecule has 0 atom stereocenters. The van der Waals surface area contributed by atoms with Crippen LogP contribution in [0, 0.1) is 0 Å². The maximum Gasteiger partial charge on any atom is 0.235 e. The molecular weight excluding hydrogens is 547 g/mol. The van der Waals surface area contributed by atoms with Crippen LogP contribution in [-0.2, 0) is 16.8 Å². The molecule has 5 nitrogen and oxygen atoms in total. The van der Waals surface area contributed by atoms with Gasteiger partial charge in [-0.05, 0) is 72.4 Å². The average Bonchev–Trinajstić information content (AvgIpc) is 3.55. The van der Waals surface area contributed by atoms with E-state index in [0.29, 0.717) is 13.2 Å². The van der Waals surface area contributed by atoms with Crippen LogP contribution in [0.2, 0.25) is 0 Å². The van der Waals surface area contributed by atoms with E-state index in [2.05, 4.69) is 64.9 Å². The van der Waals surface area contributed by atoms with Crippen LogP contribution in [0.1, 0.15) is 49.4 Å². The Balaban J connectivity index is 1.14. The van der Waals surface area contributed by atoms with E-state index in [0.717, 1.165) is 79.7 Å². The van der Waals surface area contributed by atoms with Crippen molar-refractivity contribution in [1.82, 2.24) is 15.3 Å². The molecule has 0 unspecified atom stereocenters. The minimum Gasteiger partial charge on any atom is -0.494 e. The minimum atomic E-state index is -0.708. The van der Waals surface area contributed by atoms with Gasteiger partial charge in [0, 0.05) is 11.9 Å². The number of thioether (sulfide) groups is 1. The molecule has 3 aromatic carbocycles. The van der Waals surface area contributed by atoms with Crippen molar-refractivity contribution in [2.75, 3.05) is 12.4 Å². The zero-order chi connectivity index (χ0) is 28.1. The van der Waals surface area contributed by atoms with Crippen molar-refractivity contribution < 1.29 is 9.53 Å². The molecule has 1 aliphatic rings. The summed E-state index contributed by atoms with van der Waals surface area (Å²) >= 11 is 3.54. The Hall–Kier alpha value is -3.68. The van der Waals surface area contributed by atoms with Gasteiger partial charge in [-0.1, -0.05) is 79.2 Å². The lowest BCUT2D eigenvalue weighted by Gasteiger charge is -2.31. The smallest absolute Gasteiger partial charge is 0.235 e. The fourth-order valence-corrected chi connectivity index (χ4v) is 7.97. The first-order valence-corrected chi connectivity index (χ1v) is 16.0. The molecule has 0 spiro atoms. The first-order valence-electron chi connectivity index (χ1n) is 14.2. The van der Waals surface area contributed by atoms with Gasteiger partial charge < -0.3 is 10.1 Å². The highest BCUT2D eigenvalue weighted by molar-refractivity contribution is 8.01. The zero-order valence-corrected chi connectivity index (χ0v) is 24.8. The molecule has 0 aliphatic heterocycles. The molecule has 0 bridgehead atoms. The van der Waals surface area contributed by atoms with Crippen molar-refractivity contribution in [2.24, 2.45) is 0 Å². The molecule has 0 fully saturated rings. The third kappa shape index (κ3) is 5.61. The Morgan fingerprint density at radius 3 is 2.41 bits per heavy atom. The number of thiazole rings is 1. The summed E-state index contributed by atoms with van der Waals surface area (Å²) < 4.78 is 7.90. The molecule has 7 heteroatoms. The van der Waals surface area contributed by atoms with E-state index < -0.39 is 5.41 Å². The van der Waals surface area contributed by atoms with Crippen molar-refractivity contribution in [3.63, 3.8) is 0 Å². The Morgan fingerprint density at radius 1 is 0.927 bits per heavy atom. The van der Waals surface area contributed by atoms with E-state index in [4.69, 9.17) is 9.72 Å². The normalized spacial score (nSPS) is 13.1. The second-order valence-corrected chi connectivity index (χ2v) is 12.6. The fourth-order valence-electron chi connectivity index (χ4n) is 5.81. The number of nitrogens with zero attached hydrogens (tertiary/aromatic N) is 2. The van der Waals surface area contributed by atoms with E-state index in [1.54, 1.807) is 17.5 Å². The van der Waals surface area contributed by atoms with Crippen molar-refractivity contribution in [3.8, 4) is 16.9 Å². The molecule has 208 valence electrons. The van der Waals surface area contributed by atoms with E-state index >= 15 is 0 Å². The van der Waals surface area contributed by atoms with Crippen molar-refractivity contribution in [2.45, 2.75) is 48.9 Å². The molecule has 41 heavy (non-hydrogen) atoms. The van der Waals surface area contributed by atoms with Crippen LogP contribution in [-0.4, -0.2) is 28.2 Å². The SMILES string of the molecule is CCOc1ccc2nc(SCCCCCC3(C(=O)NCc4ccccn4)c4ccccc4-c4ccccc43)sc2c1. The Bertz CT molecular complexity index is 1610. The molecule has 0 saturated heterocycles. The van der Waals surface area contributed by atoms with Gasteiger partial charge in [0.25, 0.3) is 0 Å². The maximum atomic E-state index is 14.2. The van der Waals surface area contributed by atoms with Crippen molar-refractivity contribution in [3.05, 3.63) is 108 Å². The van der Waals surface area contributed by atoms with Crippen LogP contribution in [0.4, 0.5) is 0 Å². The van der Waals surface area contributed by atoms with Crippen LogP contribution >= 0.6 is 23.1 Å². The third-order valence-electron chi connectivity index (χ3n) is 7.68. The molecular formula is C34H33N3O2S2. The lowest BCUT2D eigenvalue weighted by molar-refractivity contribution is -0.125.